The van der Waals surface area contributed by atoms with Crippen LogP contribution in [0.5, 0.6) is 0 Å². The number of hydrogen-bond acceptors (Lipinski definition) is 3. The zero-order chi connectivity index (χ0) is 15.3. The zero-order valence-electron chi connectivity index (χ0n) is 11.0. The van der Waals surface area contributed by atoms with Gasteiger partial charge in [0.15, 0.2) is 0 Å². The molecule has 1 amide bonds. The molecule has 1 rings (SSSR count). The standard InChI is InChI=1S/C13H15F2NO3S/c1-7(2)12(13(18)19)16-11(17)6-20-10-4-3-8(14)5-9(10)15/h3-5,7,12H,6H2,1-2H3,(H,16,17)(H,18,19)/t12-/m0/s1. The van der Waals surface area contributed by atoms with E-state index in [2.05, 4.69) is 5.32 Å². The summed E-state index contributed by atoms with van der Waals surface area (Å²) in [5.74, 6) is -3.47. The molecular formula is C13H15F2NO3S. The van der Waals surface area contributed by atoms with Crippen molar-refractivity contribution in [2.45, 2.75) is 24.8 Å². The Morgan fingerprint density at radius 2 is 2.00 bits per heavy atom. The molecule has 0 aliphatic carbocycles. The molecule has 20 heavy (non-hydrogen) atoms. The van der Waals surface area contributed by atoms with Gasteiger partial charge in [0.05, 0.1) is 5.75 Å². The molecule has 1 aromatic carbocycles. The zero-order valence-corrected chi connectivity index (χ0v) is 11.8. The normalized spacial score (nSPS) is 12.2. The van der Waals surface area contributed by atoms with Crippen LogP contribution in [-0.2, 0) is 9.59 Å². The molecule has 0 radical (unpaired) electrons. The predicted molar refractivity (Wildman–Crippen MR) is 71.5 cm³/mol. The number of benzene rings is 1. The van der Waals surface area contributed by atoms with Crippen LogP contribution < -0.4 is 5.32 Å². The number of carbonyl (C=O) groups is 2. The maximum atomic E-state index is 13.3. The van der Waals surface area contributed by atoms with Gasteiger partial charge < -0.3 is 10.4 Å². The molecule has 1 aromatic rings. The lowest BCUT2D eigenvalue weighted by molar-refractivity contribution is -0.142. The molecule has 0 saturated carbocycles. The van der Waals surface area contributed by atoms with Gasteiger partial charge in [0.1, 0.15) is 17.7 Å². The third-order valence-electron chi connectivity index (χ3n) is 2.50. The predicted octanol–water partition coefficient (Wildman–Crippen LogP) is 2.28. The largest absolute Gasteiger partial charge is 0.480 e. The van der Waals surface area contributed by atoms with E-state index < -0.39 is 29.6 Å². The highest BCUT2D eigenvalue weighted by atomic mass is 32.2. The second-order valence-corrected chi connectivity index (χ2v) is 5.51. The van der Waals surface area contributed by atoms with Gasteiger partial charge in [-0.15, -0.1) is 11.8 Å². The molecule has 0 spiro atoms. The Kier molecular flexibility index (Phi) is 5.94. The fraction of sp³-hybridized carbons (Fsp3) is 0.385. The summed E-state index contributed by atoms with van der Waals surface area (Å²) in [5.41, 5.74) is 0. The van der Waals surface area contributed by atoms with E-state index >= 15 is 0 Å². The highest BCUT2D eigenvalue weighted by Crippen LogP contribution is 2.22. The lowest BCUT2D eigenvalue weighted by atomic mass is 10.1. The fourth-order valence-electron chi connectivity index (χ4n) is 1.46. The Bertz CT molecular complexity index is 508. The van der Waals surface area contributed by atoms with E-state index in [0.29, 0.717) is 0 Å². The number of carboxylic acids is 1. The van der Waals surface area contributed by atoms with E-state index in [0.717, 1.165) is 23.9 Å². The number of carbonyl (C=O) groups excluding carboxylic acids is 1. The molecule has 0 aliphatic rings. The lowest BCUT2D eigenvalue weighted by Gasteiger charge is -2.17. The van der Waals surface area contributed by atoms with Crippen molar-refractivity contribution in [1.82, 2.24) is 5.32 Å². The van der Waals surface area contributed by atoms with E-state index in [1.54, 1.807) is 13.8 Å². The molecule has 2 N–H and O–H groups in total. The summed E-state index contributed by atoms with van der Waals surface area (Å²) < 4.78 is 26.0. The second kappa shape index (κ2) is 7.23. The summed E-state index contributed by atoms with van der Waals surface area (Å²) in [7, 11) is 0. The molecule has 0 unspecified atom stereocenters. The Labute approximate surface area is 119 Å². The van der Waals surface area contributed by atoms with Crippen LogP contribution in [0.15, 0.2) is 23.1 Å². The summed E-state index contributed by atoms with van der Waals surface area (Å²) in [6.45, 7) is 3.34. The smallest absolute Gasteiger partial charge is 0.326 e. The molecule has 1 atom stereocenters. The average Bonchev–Trinajstić information content (AvgIpc) is 2.34. The number of rotatable bonds is 6. The molecular weight excluding hydrogens is 288 g/mol. The van der Waals surface area contributed by atoms with Gasteiger partial charge in [-0.05, 0) is 18.1 Å². The molecule has 0 aliphatic heterocycles. The summed E-state index contributed by atoms with van der Waals surface area (Å²) in [4.78, 5) is 22.7. The maximum absolute atomic E-state index is 13.3. The van der Waals surface area contributed by atoms with Gasteiger partial charge in [-0.3, -0.25) is 4.79 Å². The first kappa shape index (κ1) is 16.4. The fourth-order valence-corrected chi connectivity index (χ4v) is 2.20. The second-order valence-electron chi connectivity index (χ2n) is 4.49. The van der Waals surface area contributed by atoms with E-state index in [1.165, 1.54) is 6.07 Å². The van der Waals surface area contributed by atoms with Crippen LogP contribution in [0.25, 0.3) is 0 Å². The number of aliphatic carboxylic acids is 1. The molecule has 0 heterocycles. The molecule has 7 heteroatoms. The summed E-state index contributed by atoms with van der Waals surface area (Å²) in [6, 6.07) is 2.08. The number of halogens is 2. The lowest BCUT2D eigenvalue weighted by Crippen LogP contribution is -2.45. The van der Waals surface area contributed by atoms with Gasteiger partial charge in [0.2, 0.25) is 5.91 Å². The first-order valence-electron chi connectivity index (χ1n) is 5.91. The number of carboxylic acid groups (broad SMARTS) is 1. The number of hydrogen-bond donors (Lipinski definition) is 2. The monoisotopic (exact) mass is 303 g/mol. The van der Waals surface area contributed by atoms with E-state index in [4.69, 9.17) is 5.11 Å². The Hall–Kier alpha value is -1.63. The highest BCUT2D eigenvalue weighted by molar-refractivity contribution is 8.00. The van der Waals surface area contributed by atoms with Crippen LogP contribution in [0.1, 0.15) is 13.8 Å². The number of amides is 1. The third-order valence-corrected chi connectivity index (χ3v) is 3.55. The molecule has 0 bridgehead atoms. The van der Waals surface area contributed by atoms with Crippen molar-refractivity contribution in [3.8, 4) is 0 Å². The molecule has 0 saturated heterocycles. The van der Waals surface area contributed by atoms with Crippen LogP contribution in [0, 0.1) is 17.6 Å². The highest BCUT2D eigenvalue weighted by Gasteiger charge is 2.23. The average molecular weight is 303 g/mol. The molecule has 0 fully saturated rings. The third kappa shape index (κ3) is 4.80. The number of thioether (sulfide) groups is 1. The van der Waals surface area contributed by atoms with Crippen LogP contribution >= 0.6 is 11.8 Å². The SMILES string of the molecule is CC(C)[C@H](NC(=O)CSc1ccc(F)cc1F)C(=O)O. The van der Waals surface area contributed by atoms with Crippen molar-refractivity contribution in [2.24, 2.45) is 5.92 Å². The van der Waals surface area contributed by atoms with E-state index in [9.17, 15) is 18.4 Å². The quantitative estimate of drug-likeness (QED) is 0.791. The Morgan fingerprint density at radius 3 is 2.50 bits per heavy atom. The minimum Gasteiger partial charge on any atom is -0.480 e. The van der Waals surface area contributed by atoms with Crippen molar-refractivity contribution in [2.75, 3.05) is 5.75 Å². The van der Waals surface area contributed by atoms with Gasteiger partial charge in [0.25, 0.3) is 0 Å². The van der Waals surface area contributed by atoms with Crippen LogP contribution in [0.3, 0.4) is 0 Å². The molecule has 4 nitrogen and oxygen atoms in total. The minimum atomic E-state index is -1.12. The minimum absolute atomic E-state index is 0.137. The van der Waals surface area contributed by atoms with Crippen molar-refractivity contribution >= 4 is 23.6 Å². The van der Waals surface area contributed by atoms with E-state index in [-0.39, 0.29) is 16.6 Å². The summed E-state index contributed by atoms with van der Waals surface area (Å²) in [6.07, 6.45) is 0. The van der Waals surface area contributed by atoms with Gasteiger partial charge in [-0.2, -0.15) is 0 Å². The summed E-state index contributed by atoms with van der Waals surface area (Å²) >= 11 is 0.883. The van der Waals surface area contributed by atoms with E-state index in [1.807, 2.05) is 0 Å². The molecule has 110 valence electrons. The Balaban J connectivity index is 2.57. The van der Waals surface area contributed by atoms with Crippen molar-refractivity contribution in [3.63, 3.8) is 0 Å². The first-order valence-corrected chi connectivity index (χ1v) is 6.90. The molecule has 0 aromatic heterocycles. The van der Waals surface area contributed by atoms with Gasteiger partial charge in [-0.1, -0.05) is 13.8 Å². The van der Waals surface area contributed by atoms with Gasteiger partial charge in [-0.25, -0.2) is 13.6 Å². The van der Waals surface area contributed by atoms with Crippen molar-refractivity contribution in [1.29, 1.82) is 0 Å². The van der Waals surface area contributed by atoms with Crippen LogP contribution in [-0.4, -0.2) is 28.8 Å². The van der Waals surface area contributed by atoms with Crippen molar-refractivity contribution < 1.29 is 23.5 Å². The summed E-state index contributed by atoms with van der Waals surface area (Å²) in [5, 5.41) is 11.3. The first-order chi connectivity index (χ1) is 9.31. The maximum Gasteiger partial charge on any atom is 0.326 e. The van der Waals surface area contributed by atoms with Gasteiger partial charge in [0, 0.05) is 11.0 Å². The van der Waals surface area contributed by atoms with Crippen LogP contribution in [0.2, 0.25) is 0 Å². The van der Waals surface area contributed by atoms with Crippen LogP contribution in [0.4, 0.5) is 8.78 Å². The topological polar surface area (TPSA) is 66.4 Å². The Morgan fingerprint density at radius 1 is 1.35 bits per heavy atom. The number of nitrogens with one attached hydrogen (secondary N) is 1. The van der Waals surface area contributed by atoms with Gasteiger partial charge >= 0.3 is 5.97 Å². The van der Waals surface area contributed by atoms with Crippen molar-refractivity contribution in [3.05, 3.63) is 29.8 Å².